The van der Waals surface area contributed by atoms with Gasteiger partial charge in [0.15, 0.2) is 11.7 Å². The molecule has 4 nitrogen and oxygen atoms in total. The molecule has 0 radical (unpaired) electrons. The number of aryl methyl sites for hydroxylation is 1. The predicted octanol–water partition coefficient (Wildman–Crippen LogP) is 3.91. The van der Waals surface area contributed by atoms with Crippen molar-refractivity contribution in [2.24, 2.45) is 0 Å². The molecule has 0 unspecified atom stereocenters. The Labute approximate surface area is 149 Å². The first-order valence-corrected chi connectivity index (χ1v) is 8.32. The van der Waals surface area contributed by atoms with E-state index in [-0.39, 0.29) is 24.0 Å². The number of hydrogen-bond donors (Lipinski definition) is 1. The van der Waals surface area contributed by atoms with Crippen LogP contribution in [0.2, 0.25) is 0 Å². The Morgan fingerprint density at radius 3 is 2.73 bits per heavy atom. The summed E-state index contributed by atoms with van der Waals surface area (Å²) in [5.74, 6) is -0.103. The van der Waals surface area contributed by atoms with E-state index in [1.54, 1.807) is 24.3 Å². The molecule has 0 aliphatic heterocycles. The van der Waals surface area contributed by atoms with E-state index in [2.05, 4.69) is 10.3 Å². The van der Waals surface area contributed by atoms with Crippen LogP contribution in [-0.4, -0.2) is 17.4 Å². The minimum Gasteiger partial charge on any atom is -0.441 e. The van der Waals surface area contributed by atoms with Gasteiger partial charge in [0.2, 0.25) is 5.91 Å². The summed E-state index contributed by atoms with van der Waals surface area (Å²) >= 11 is 0. The normalized spacial score (nSPS) is 10.7. The summed E-state index contributed by atoms with van der Waals surface area (Å²) in [7, 11) is 0. The first-order chi connectivity index (χ1) is 12.6. The van der Waals surface area contributed by atoms with Crippen molar-refractivity contribution in [3.8, 4) is 11.3 Å². The summed E-state index contributed by atoms with van der Waals surface area (Å²) in [6.07, 6.45) is 2.54. The third-order valence-corrected chi connectivity index (χ3v) is 3.88. The van der Waals surface area contributed by atoms with Crippen molar-refractivity contribution in [3.63, 3.8) is 0 Å². The highest BCUT2D eigenvalue weighted by Gasteiger charge is 2.11. The Hall–Kier alpha value is -3.02. The van der Waals surface area contributed by atoms with Crippen LogP contribution >= 0.6 is 0 Å². The number of carbonyl (C=O) groups excluding carboxylic acids is 1. The van der Waals surface area contributed by atoms with Gasteiger partial charge in [0.05, 0.1) is 11.8 Å². The first-order valence-electron chi connectivity index (χ1n) is 8.32. The van der Waals surface area contributed by atoms with E-state index in [9.17, 15) is 13.6 Å². The molecule has 3 aromatic rings. The number of rotatable bonds is 7. The third-order valence-electron chi connectivity index (χ3n) is 3.88. The molecule has 1 aromatic heterocycles. The monoisotopic (exact) mass is 356 g/mol. The van der Waals surface area contributed by atoms with E-state index in [4.69, 9.17) is 4.42 Å². The number of amides is 1. The average molecular weight is 356 g/mol. The second-order valence-corrected chi connectivity index (χ2v) is 5.83. The molecule has 3 rings (SSSR count). The van der Waals surface area contributed by atoms with E-state index in [0.717, 1.165) is 5.56 Å². The number of hydrogen-bond acceptors (Lipinski definition) is 3. The fourth-order valence-electron chi connectivity index (χ4n) is 2.56. The molecular formula is C20H18F2N2O2. The van der Waals surface area contributed by atoms with Crippen LogP contribution in [0.25, 0.3) is 11.3 Å². The fraction of sp³-hybridized carbons (Fsp3) is 0.200. The van der Waals surface area contributed by atoms with Gasteiger partial charge in [0.25, 0.3) is 0 Å². The van der Waals surface area contributed by atoms with Crippen LogP contribution in [0.15, 0.2) is 59.1 Å². The Balaban J connectivity index is 1.45. The Kier molecular flexibility index (Phi) is 5.73. The quantitative estimate of drug-likeness (QED) is 0.698. The number of benzene rings is 2. The van der Waals surface area contributed by atoms with Gasteiger partial charge in [-0.1, -0.05) is 24.3 Å². The maximum Gasteiger partial charge on any atom is 0.220 e. The van der Waals surface area contributed by atoms with Gasteiger partial charge < -0.3 is 9.73 Å². The predicted molar refractivity (Wildman–Crippen MR) is 93.3 cm³/mol. The van der Waals surface area contributed by atoms with Gasteiger partial charge in [0.1, 0.15) is 11.6 Å². The summed E-state index contributed by atoms with van der Waals surface area (Å²) in [6.45, 7) is 0.425. The van der Waals surface area contributed by atoms with Crippen molar-refractivity contribution in [1.29, 1.82) is 0 Å². The molecule has 0 saturated carbocycles. The van der Waals surface area contributed by atoms with E-state index in [1.807, 2.05) is 6.07 Å². The zero-order chi connectivity index (χ0) is 18.4. The van der Waals surface area contributed by atoms with Crippen LogP contribution in [0.3, 0.4) is 0 Å². The minimum atomic E-state index is -0.384. The van der Waals surface area contributed by atoms with Crippen LogP contribution in [-0.2, 0) is 17.6 Å². The molecule has 0 spiro atoms. The van der Waals surface area contributed by atoms with Crippen LogP contribution in [0.5, 0.6) is 0 Å². The van der Waals surface area contributed by atoms with E-state index < -0.39 is 0 Å². The fourth-order valence-corrected chi connectivity index (χ4v) is 2.56. The van der Waals surface area contributed by atoms with E-state index >= 15 is 0 Å². The summed E-state index contributed by atoms with van der Waals surface area (Å²) in [6, 6.07) is 12.6. The summed E-state index contributed by atoms with van der Waals surface area (Å²) in [5, 5.41) is 2.78. The van der Waals surface area contributed by atoms with Crippen LogP contribution in [0.1, 0.15) is 17.9 Å². The summed E-state index contributed by atoms with van der Waals surface area (Å²) < 4.78 is 32.3. The first kappa shape index (κ1) is 17.8. The molecular weight excluding hydrogens is 338 g/mol. The van der Waals surface area contributed by atoms with Gasteiger partial charge in [-0.25, -0.2) is 13.8 Å². The highest BCUT2D eigenvalue weighted by atomic mass is 19.1. The molecule has 1 N–H and O–H groups in total. The smallest absolute Gasteiger partial charge is 0.220 e. The van der Waals surface area contributed by atoms with Gasteiger partial charge in [0, 0.05) is 19.4 Å². The van der Waals surface area contributed by atoms with Crippen molar-refractivity contribution in [1.82, 2.24) is 10.3 Å². The number of aromatic nitrogens is 1. The molecule has 0 saturated heterocycles. The van der Waals surface area contributed by atoms with Crippen molar-refractivity contribution in [2.45, 2.75) is 19.3 Å². The molecule has 1 heterocycles. The molecule has 1 amide bonds. The molecule has 2 aromatic carbocycles. The number of oxazole rings is 1. The molecule has 0 bridgehead atoms. The molecule has 0 atom stereocenters. The molecule has 0 aliphatic rings. The zero-order valence-corrected chi connectivity index (χ0v) is 14.0. The lowest BCUT2D eigenvalue weighted by Gasteiger charge is -2.05. The molecule has 26 heavy (non-hydrogen) atoms. The topological polar surface area (TPSA) is 55.1 Å². The largest absolute Gasteiger partial charge is 0.441 e. The lowest BCUT2D eigenvalue weighted by Crippen LogP contribution is -2.25. The number of halogens is 2. The number of carbonyl (C=O) groups is 1. The Morgan fingerprint density at radius 1 is 1.08 bits per heavy atom. The summed E-state index contributed by atoms with van der Waals surface area (Å²) in [5.41, 5.74) is 1.17. The van der Waals surface area contributed by atoms with Gasteiger partial charge in [-0.15, -0.1) is 0 Å². The van der Waals surface area contributed by atoms with Crippen molar-refractivity contribution >= 4 is 5.91 Å². The second kappa shape index (κ2) is 8.38. The SMILES string of the molecule is O=C(CCc1ncc(-c2ccccc2F)o1)NCCc1cccc(F)c1. The number of nitrogens with one attached hydrogen (secondary N) is 1. The standard InChI is InChI=1S/C20H18F2N2O2/c21-15-5-3-4-14(12-15)10-11-23-19(25)8-9-20-24-13-18(26-20)16-6-1-2-7-17(16)22/h1-7,12-13H,8-11H2,(H,23,25). The maximum absolute atomic E-state index is 13.7. The number of nitrogens with zero attached hydrogens (tertiary/aromatic N) is 1. The highest BCUT2D eigenvalue weighted by Crippen LogP contribution is 2.23. The third kappa shape index (κ3) is 4.75. The van der Waals surface area contributed by atoms with Gasteiger partial charge in [-0.05, 0) is 36.2 Å². The highest BCUT2D eigenvalue weighted by molar-refractivity contribution is 5.76. The van der Waals surface area contributed by atoms with Crippen molar-refractivity contribution < 1.29 is 18.0 Å². The van der Waals surface area contributed by atoms with Crippen molar-refractivity contribution in [3.05, 3.63) is 77.8 Å². The molecule has 6 heteroatoms. The van der Waals surface area contributed by atoms with Gasteiger partial charge in [-0.3, -0.25) is 4.79 Å². The lowest BCUT2D eigenvalue weighted by atomic mass is 10.1. The van der Waals surface area contributed by atoms with Crippen molar-refractivity contribution in [2.75, 3.05) is 6.54 Å². The zero-order valence-electron chi connectivity index (χ0n) is 14.0. The van der Waals surface area contributed by atoms with Crippen LogP contribution in [0.4, 0.5) is 8.78 Å². The molecule has 0 fully saturated rings. The van der Waals surface area contributed by atoms with Crippen LogP contribution in [0, 0.1) is 11.6 Å². The van der Waals surface area contributed by atoms with Crippen LogP contribution < -0.4 is 5.32 Å². The minimum absolute atomic E-state index is 0.146. The maximum atomic E-state index is 13.7. The second-order valence-electron chi connectivity index (χ2n) is 5.83. The average Bonchev–Trinajstić information content (AvgIpc) is 3.09. The Morgan fingerprint density at radius 2 is 1.92 bits per heavy atom. The lowest BCUT2D eigenvalue weighted by molar-refractivity contribution is -0.121. The molecule has 134 valence electrons. The van der Waals surface area contributed by atoms with Gasteiger partial charge >= 0.3 is 0 Å². The van der Waals surface area contributed by atoms with E-state index in [1.165, 1.54) is 24.4 Å². The summed E-state index contributed by atoms with van der Waals surface area (Å²) in [4.78, 5) is 16.0. The Bertz CT molecular complexity index is 893. The molecule has 0 aliphatic carbocycles. The van der Waals surface area contributed by atoms with Gasteiger partial charge in [-0.2, -0.15) is 0 Å². The van der Waals surface area contributed by atoms with E-state index in [0.29, 0.717) is 36.6 Å².